The molecular formula is C21H25NO3. The number of hydrogen-bond donors (Lipinski definition) is 1. The van der Waals surface area contributed by atoms with Crippen molar-refractivity contribution in [2.24, 2.45) is 5.92 Å². The Bertz CT molecular complexity index is 706. The van der Waals surface area contributed by atoms with E-state index in [0.717, 1.165) is 16.9 Å². The first kappa shape index (κ1) is 18.6. The van der Waals surface area contributed by atoms with Crippen LogP contribution < -0.4 is 10.1 Å². The van der Waals surface area contributed by atoms with Gasteiger partial charge in [-0.3, -0.25) is 5.32 Å². The van der Waals surface area contributed by atoms with Gasteiger partial charge in [-0.25, -0.2) is 4.79 Å². The Morgan fingerprint density at radius 1 is 1.04 bits per heavy atom. The molecular weight excluding hydrogens is 314 g/mol. The van der Waals surface area contributed by atoms with Gasteiger partial charge in [0.15, 0.2) is 0 Å². The molecule has 0 aliphatic heterocycles. The molecule has 0 fully saturated rings. The maximum Gasteiger partial charge on any atom is 0.412 e. The largest absolute Gasteiger partial charge is 0.497 e. The minimum absolute atomic E-state index is 0.167. The van der Waals surface area contributed by atoms with Gasteiger partial charge in [-0.1, -0.05) is 44.2 Å². The molecule has 1 unspecified atom stereocenters. The highest BCUT2D eigenvalue weighted by atomic mass is 16.6. The highest BCUT2D eigenvalue weighted by molar-refractivity contribution is 5.85. The topological polar surface area (TPSA) is 47.6 Å². The maximum atomic E-state index is 12.2. The molecule has 2 rings (SSSR count). The smallest absolute Gasteiger partial charge is 0.412 e. The minimum Gasteiger partial charge on any atom is -0.497 e. The molecule has 0 saturated heterocycles. The van der Waals surface area contributed by atoms with Crippen LogP contribution >= 0.6 is 0 Å². The number of allylic oxidation sites excluding steroid dienone is 1. The van der Waals surface area contributed by atoms with Crippen LogP contribution in [0.3, 0.4) is 0 Å². The molecule has 0 aliphatic rings. The van der Waals surface area contributed by atoms with E-state index in [9.17, 15) is 4.79 Å². The first-order valence-electron chi connectivity index (χ1n) is 8.35. The van der Waals surface area contributed by atoms with Crippen molar-refractivity contribution in [1.29, 1.82) is 0 Å². The quantitative estimate of drug-likeness (QED) is 0.769. The summed E-state index contributed by atoms with van der Waals surface area (Å²) in [6.07, 6.45) is 1.22. The zero-order valence-electron chi connectivity index (χ0n) is 15.2. The van der Waals surface area contributed by atoms with Gasteiger partial charge in [0.1, 0.15) is 11.9 Å². The highest BCUT2D eigenvalue weighted by Gasteiger charge is 2.17. The van der Waals surface area contributed by atoms with Gasteiger partial charge in [-0.2, -0.15) is 0 Å². The molecule has 25 heavy (non-hydrogen) atoms. The number of rotatable bonds is 6. The van der Waals surface area contributed by atoms with Gasteiger partial charge < -0.3 is 9.47 Å². The predicted octanol–water partition coefficient (Wildman–Crippen LogP) is 5.37. The summed E-state index contributed by atoms with van der Waals surface area (Å²) in [5.41, 5.74) is 2.86. The first-order chi connectivity index (χ1) is 12.0. The van der Waals surface area contributed by atoms with E-state index < -0.39 is 6.09 Å². The predicted molar refractivity (Wildman–Crippen MR) is 102 cm³/mol. The van der Waals surface area contributed by atoms with Crippen LogP contribution in [0.15, 0.2) is 60.7 Å². The molecule has 2 aromatic carbocycles. The number of carbonyl (C=O) groups excluding carboxylic acids is 1. The summed E-state index contributed by atoms with van der Waals surface area (Å²) in [5, 5.41) is 2.75. The molecule has 0 aromatic heterocycles. The normalized spacial score (nSPS) is 12.6. The Hall–Kier alpha value is -2.75. The van der Waals surface area contributed by atoms with E-state index in [-0.39, 0.29) is 12.0 Å². The summed E-state index contributed by atoms with van der Waals surface area (Å²) in [7, 11) is 1.60. The molecule has 4 nitrogen and oxygen atoms in total. The Morgan fingerprint density at radius 2 is 1.68 bits per heavy atom. The van der Waals surface area contributed by atoms with Crippen LogP contribution in [0.2, 0.25) is 0 Å². The molecule has 1 atom stereocenters. The summed E-state index contributed by atoms with van der Waals surface area (Å²) in [5.74, 6) is 0.903. The first-order valence-corrected chi connectivity index (χ1v) is 8.35. The van der Waals surface area contributed by atoms with Gasteiger partial charge in [0.25, 0.3) is 0 Å². The highest BCUT2D eigenvalue weighted by Crippen LogP contribution is 2.20. The molecule has 4 heteroatoms. The van der Waals surface area contributed by atoms with Gasteiger partial charge in [0.2, 0.25) is 0 Å². The molecule has 0 heterocycles. The van der Waals surface area contributed by atoms with Crippen molar-refractivity contribution < 1.29 is 14.3 Å². The molecule has 0 radical (unpaired) electrons. The standard InChI is InChI=1S/C21H25NO3/c1-15(2)20(14-16(3)17-8-6-5-7-9-17)25-21(23)22-18-10-12-19(24-4)13-11-18/h5-15,20H,1-4H3,(H,22,23)/b16-14+. The van der Waals surface area contributed by atoms with Crippen molar-refractivity contribution >= 4 is 17.4 Å². The van der Waals surface area contributed by atoms with E-state index in [0.29, 0.717) is 5.69 Å². The molecule has 1 amide bonds. The van der Waals surface area contributed by atoms with Gasteiger partial charge in [-0.15, -0.1) is 0 Å². The SMILES string of the molecule is COc1ccc(NC(=O)OC(/C=C(\C)c2ccccc2)C(C)C)cc1. The van der Waals surface area contributed by atoms with Crippen molar-refractivity contribution in [2.45, 2.75) is 26.9 Å². The lowest BCUT2D eigenvalue weighted by Crippen LogP contribution is -2.25. The molecule has 132 valence electrons. The fourth-order valence-electron chi connectivity index (χ4n) is 2.35. The number of amides is 1. The lowest BCUT2D eigenvalue weighted by atomic mass is 10.0. The second kappa shape index (κ2) is 8.92. The number of ether oxygens (including phenoxy) is 2. The van der Waals surface area contributed by atoms with Crippen LogP contribution in [0, 0.1) is 5.92 Å². The lowest BCUT2D eigenvalue weighted by molar-refractivity contribution is 0.110. The fourth-order valence-corrected chi connectivity index (χ4v) is 2.35. The third kappa shape index (κ3) is 5.68. The summed E-state index contributed by atoms with van der Waals surface area (Å²) >= 11 is 0. The van der Waals surface area contributed by atoms with E-state index >= 15 is 0 Å². The summed E-state index contributed by atoms with van der Waals surface area (Å²) in [6, 6.07) is 17.2. The maximum absolute atomic E-state index is 12.2. The van der Waals surface area contributed by atoms with Gasteiger partial charge in [0.05, 0.1) is 7.11 Å². The van der Waals surface area contributed by atoms with Crippen molar-refractivity contribution in [2.75, 3.05) is 12.4 Å². The number of hydrogen-bond acceptors (Lipinski definition) is 3. The zero-order valence-corrected chi connectivity index (χ0v) is 15.2. The molecule has 1 N–H and O–H groups in total. The number of benzene rings is 2. The van der Waals surface area contributed by atoms with Crippen LogP contribution in [0.25, 0.3) is 5.57 Å². The Kier molecular flexibility index (Phi) is 6.63. The monoisotopic (exact) mass is 339 g/mol. The fraction of sp³-hybridized carbons (Fsp3) is 0.286. The second-order valence-electron chi connectivity index (χ2n) is 6.18. The average molecular weight is 339 g/mol. The average Bonchev–Trinajstić information content (AvgIpc) is 2.62. The second-order valence-corrected chi connectivity index (χ2v) is 6.18. The molecule has 0 bridgehead atoms. The van der Waals surface area contributed by atoms with Crippen LogP contribution in [0.5, 0.6) is 5.75 Å². The van der Waals surface area contributed by atoms with Crippen molar-refractivity contribution in [1.82, 2.24) is 0 Å². The van der Waals surface area contributed by atoms with Crippen molar-refractivity contribution in [3.05, 3.63) is 66.2 Å². The molecule has 2 aromatic rings. The number of methoxy groups -OCH3 is 1. The summed E-state index contributed by atoms with van der Waals surface area (Å²) < 4.78 is 10.7. The third-order valence-electron chi connectivity index (χ3n) is 3.88. The Labute approximate surface area is 149 Å². The van der Waals surface area contributed by atoms with Crippen LogP contribution in [-0.2, 0) is 4.74 Å². The zero-order chi connectivity index (χ0) is 18.2. The minimum atomic E-state index is -0.471. The van der Waals surface area contributed by atoms with Crippen molar-refractivity contribution in [3.63, 3.8) is 0 Å². The Morgan fingerprint density at radius 3 is 2.24 bits per heavy atom. The van der Waals surface area contributed by atoms with E-state index in [1.807, 2.05) is 57.2 Å². The molecule has 0 spiro atoms. The molecule has 0 aliphatic carbocycles. The van der Waals surface area contributed by atoms with Crippen LogP contribution in [-0.4, -0.2) is 19.3 Å². The summed E-state index contributed by atoms with van der Waals surface area (Å²) in [4.78, 5) is 12.2. The number of nitrogens with one attached hydrogen (secondary N) is 1. The van der Waals surface area contributed by atoms with E-state index in [2.05, 4.69) is 5.32 Å². The van der Waals surface area contributed by atoms with Gasteiger partial charge in [0, 0.05) is 5.69 Å². The third-order valence-corrected chi connectivity index (χ3v) is 3.88. The van der Waals surface area contributed by atoms with Gasteiger partial charge in [-0.05, 0) is 54.3 Å². The van der Waals surface area contributed by atoms with Crippen molar-refractivity contribution in [3.8, 4) is 5.75 Å². The van der Waals surface area contributed by atoms with E-state index in [1.165, 1.54) is 0 Å². The van der Waals surface area contributed by atoms with Crippen LogP contribution in [0.1, 0.15) is 26.3 Å². The lowest BCUT2D eigenvalue weighted by Gasteiger charge is -2.19. The molecule has 0 saturated carbocycles. The number of anilines is 1. The van der Waals surface area contributed by atoms with E-state index in [4.69, 9.17) is 9.47 Å². The van der Waals surface area contributed by atoms with Gasteiger partial charge >= 0.3 is 6.09 Å². The Balaban J connectivity index is 2.03. The number of carbonyl (C=O) groups is 1. The van der Waals surface area contributed by atoms with E-state index in [1.54, 1.807) is 31.4 Å². The van der Waals surface area contributed by atoms with Crippen LogP contribution in [0.4, 0.5) is 10.5 Å². The summed E-state index contributed by atoms with van der Waals surface area (Å²) in [6.45, 7) is 6.08.